The number of thiol groups is 1. The Kier molecular flexibility index (Phi) is 4.80. The van der Waals surface area contributed by atoms with Crippen LogP contribution in [0.4, 0.5) is 11.5 Å². The normalized spacial score (nSPS) is 19.2. The van der Waals surface area contributed by atoms with Crippen molar-refractivity contribution in [3.05, 3.63) is 41.2 Å². The lowest BCUT2D eigenvalue weighted by atomic mass is 10.00. The minimum atomic E-state index is -0.440. The summed E-state index contributed by atoms with van der Waals surface area (Å²) < 4.78 is 5.81. The number of aliphatic hydroxyl groups is 1. The topological polar surface area (TPSA) is 96.5 Å². The van der Waals surface area contributed by atoms with E-state index in [0.29, 0.717) is 16.9 Å². The summed E-state index contributed by atoms with van der Waals surface area (Å²) in [5.41, 5.74) is 7.23. The minimum absolute atomic E-state index is 0.0448. The monoisotopic (exact) mass is 352 g/mol. The molecule has 1 fully saturated rings. The van der Waals surface area contributed by atoms with Gasteiger partial charge in [0.2, 0.25) is 5.69 Å². The zero-order valence-corrected chi connectivity index (χ0v) is 14.2. The van der Waals surface area contributed by atoms with E-state index < -0.39 is 6.10 Å². The summed E-state index contributed by atoms with van der Waals surface area (Å²) in [7, 11) is 0. The average Bonchev–Trinajstić information content (AvgIpc) is 3.00. The van der Waals surface area contributed by atoms with Gasteiger partial charge in [0.25, 0.3) is 0 Å². The van der Waals surface area contributed by atoms with Crippen LogP contribution in [0.15, 0.2) is 29.3 Å². The fraction of sp³-hybridized carbons (Fsp3) is 0.278. The molecular weight excluding hydrogens is 336 g/mol. The van der Waals surface area contributed by atoms with Gasteiger partial charge < -0.3 is 15.6 Å². The van der Waals surface area contributed by atoms with Crippen LogP contribution in [0.5, 0.6) is 5.75 Å². The van der Waals surface area contributed by atoms with Crippen LogP contribution in [0.1, 0.15) is 24.8 Å². The second-order valence-electron chi connectivity index (χ2n) is 5.82. The Balaban J connectivity index is 1.98. The molecule has 3 N–H and O–H groups in total. The molecule has 2 atom stereocenters. The van der Waals surface area contributed by atoms with Crippen LogP contribution < -0.4 is 10.5 Å². The van der Waals surface area contributed by atoms with E-state index in [4.69, 9.17) is 17.0 Å². The molecule has 0 amide bonds. The molecule has 126 valence electrons. The molecule has 2 aromatic rings. The highest BCUT2D eigenvalue weighted by molar-refractivity contribution is 7.80. The van der Waals surface area contributed by atoms with Gasteiger partial charge >= 0.3 is 0 Å². The molecule has 0 unspecified atom stereocenters. The van der Waals surface area contributed by atoms with Gasteiger partial charge in [0, 0.05) is 5.56 Å². The van der Waals surface area contributed by atoms with Crippen molar-refractivity contribution in [1.29, 1.82) is 5.26 Å². The maximum atomic E-state index is 9.86. The van der Waals surface area contributed by atoms with E-state index in [1.54, 1.807) is 24.3 Å². The molecule has 0 saturated heterocycles. The van der Waals surface area contributed by atoms with Gasteiger partial charge in [-0.15, -0.1) is 12.6 Å². The van der Waals surface area contributed by atoms with E-state index in [0.717, 1.165) is 19.3 Å². The Morgan fingerprint density at radius 2 is 2.08 bits per heavy atom. The largest absolute Gasteiger partial charge is 0.488 e. The molecule has 6 nitrogen and oxygen atoms in total. The van der Waals surface area contributed by atoms with Crippen LogP contribution in [-0.4, -0.2) is 22.3 Å². The smallest absolute Gasteiger partial charge is 0.236 e. The highest BCUT2D eigenvalue weighted by atomic mass is 32.1. The number of rotatable bonds is 3. The Morgan fingerprint density at radius 1 is 1.36 bits per heavy atom. The van der Waals surface area contributed by atoms with Crippen LogP contribution in [0, 0.1) is 17.9 Å². The second kappa shape index (κ2) is 7.02. The van der Waals surface area contributed by atoms with Gasteiger partial charge in [0.15, 0.2) is 0 Å². The van der Waals surface area contributed by atoms with Crippen molar-refractivity contribution in [2.75, 3.05) is 5.73 Å². The van der Waals surface area contributed by atoms with Gasteiger partial charge in [-0.1, -0.05) is 12.1 Å². The van der Waals surface area contributed by atoms with Crippen molar-refractivity contribution in [2.45, 2.75) is 36.5 Å². The summed E-state index contributed by atoms with van der Waals surface area (Å²) in [6, 6.07) is 9.07. The van der Waals surface area contributed by atoms with Crippen LogP contribution in [-0.2, 0) is 0 Å². The number of hydrogen-bond acceptors (Lipinski definition) is 6. The number of nitrogens with zero attached hydrogens (tertiary/aromatic N) is 3. The summed E-state index contributed by atoms with van der Waals surface area (Å²) >= 11 is 4.19. The Morgan fingerprint density at radius 3 is 2.64 bits per heavy atom. The van der Waals surface area contributed by atoms with Crippen LogP contribution >= 0.6 is 12.6 Å². The summed E-state index contributed by atoms with van der Waals surface area (Å²) in [6.07, 6.45) is 1.90. The van der Waals surface area contributed by atoms with E-state index >= 15 is 0 Å². The second-order valence-corrected chi connectivity index (χ2v) is 6.25. The summed E-state index contributed by atoms with van der Waals surface area (Å²) in [4.78, 5) is 7.37. The van der Waals surface area contributed by atoms with Crippen molar-refractivity contribution < 1.29 is 9.84 Å². The molecule has 25 heavy (non-hydrogen) atoms. The molecular formula is C18H16N4O2S. The standard InChI is InChI=1S/C18H16N4O2S/c1-21-16-15(12(9-19)18(25)22-17(16)20)10-5-7-11(8-6-10)24-14-4-2-3-13(14)23/h5-8,13-14,23H,2-4H2,(H3,20,22,25)/t13-,14+/m1/s1. The predicted molar refractivity (Wildman–Crippen MR) is 96.6 cm³/mol. The van der Waals surface area contributed by atoms with Crippen molar-refractivity contribution in [3.8, 4) is 22.9 Å². The van der Waals surface area contributed by atoms with E-state index in [2.05, 4.69) is 22.5 Å². The first-order valence-electron chi connectivity index (χ1n) is 7.80. The number of hydrogen-bond donors (Lipinski definition) is 3. The third-order valence-corrected chi connectivity index (χ3v) is 4.57. The molecule has 1 aliphatic rings. The van der Waals surface area contributed by atoms with Gasteiger partial charge in [0.05, 0.1) is 18.2 Å². The molecule has 0 aliphatic heterocycles. The lowest BCUT2D eigenvalue weighted by Crippen LogP contribution is -2.25. The zero-order chi connectivity index (χ0) is 18.0. The van der Waals surface area contributed by atoms with Crippen molar-refractivity contribution in [3.63, 3.8) is 0 Å². The third kappa shape index (κ3) is 3.25. The van der Waals surface area contributed by atoms with Crippen LogP contribution in [0.25, 0.3) is 16.0 Å². The number of nitriles is 1. The van der Waals surface area contributed by atoms with Gasteiger partial charge in [-0.2, -0.15) is 5.26 Å². The highest BCUT2D eigenvalue weighted by Gasteiger charge is 2.27. The van der Waals surface area contributed by atoms with E-state index in [-0.39, 0.29) is 28.2 Å². The summed E-state index contributed by atoms with van der Waals surface area (Å²) in [5.74, 6) is 0.675. The Bertz CT molecular complexity index is 846. The maximum absolute atomic E-state index is 9.86. The minimum Gasteiger partial charge on any atom is -0.488 e. The number of aliphatic hydroxyl groups excluding tert-OH is 1. The number of anilines is 1. The number of ether oxygens (including phenoxy) is 1. The van der Waals surface area contributed by atoms with Gasteiger partial charge in [-0.25, -0.2) is 9.83 Å². The number of pyridine rings is 1. The quantitative estimate of drug-likeness (QED) is 0.581. The lowest BCUT2D eigenvalue weighted by Gasteiger charge is -2.17. The Labute approximate surface area is 151 Å². The van der Waals surface area contributed by atoms with Gasteiger partial charge in [-0.05, 0) is 37.0 Å². The lowest BCUT2D eigenvalue weighted by molar-refractivity contribution is 0.0604. The molecule has 0 bridgehead atoms. The van der Waals surface area contributed by atoms with Crippen molar-refractivity contribution in [1.82, 2.24) is 4.98 Å². The molecule has 7 heteroatoms. The fourth-order valence-corrected chi connectivity index (χ4v) is 3.27. The predicted octanol–water partition coefficient (Wildman–Crippen LogP) is 3.33. The summed E-state index contributed by atoms with van der Waals surface area (Å²) in [5, 5.41) is 19.5. The molecule has 1 saturated carbocycles. The molecule has 0 radical (unpaired) electrons. The van der Waals surface area contributed by atoms with E-state index in [1.165, 1.54) is 0 Å². The van der Waals surface area contributed by atoms with E-state index in [1.807, 2.05) is 6.07 Å². The first kappa shape index (κ1) is 17.1. The molecule has 1 aromatic heterocycles. The molecule has 0 spiro atoms. The van der Waals surface area contributed by atoms with E-state index in [9.17, 15) is 10.4 Å². The fourth-order valence-electron chi connectivity index (χ4n) is 3.00. The molecule has 1 heterocycles. The van der Waals surface area contributed by atoms with Crippen molar-refractivity contribution >= 4 is 24.1 Å². The number of nitrogen functional groups attached to an aromatic ring is 1. The number of nitrogens with two attached hydrogens (primary N) is 1. The van der Waals surface area contributed by atoms with Gasteiger partial charge in [-0.3, -0.25) is 0 Å². The van der Waals surface area contributed by atoms with Gasteiger partial charge in [0.1, 0.15) is 28.8 Å². The van der Waals surface area contributed by atoms with Crippen LogP contribution in [0.3, 0.4) is 0 Å². The van der Waals surface area contributed by atoms with Crippen LogP contribution in [0.2, 0.25) is 0 Å². The molecule has 3 rings (SSSR count). The first-order chi connectivity index (χ1) is 12.0. The number of benzene rings is 1. The Hall–Kier alpha value is -2.74. The summed E-state index contributed by atoms with van der Waals surface area (Å²) in [6.45, 7) is 7.35. The highest BCUT2D eigenvalue weighted by Crippen LogP contribution is 2.40. The maximum Gasteiger partial charge on any atom is 0.236 e. The molecule has 1 aliphatic carbocycles. The first-order valence-corrected chi connectivity index (χ1v) is 8.25. The average molecular weight is 352 g/mol. The molecule has 1 aromatic carbocycles. The van der Waals surface area contributed by atoms with Crippen molar-refractivity contribution in [2.24, 2.45) is 0 Å². The SMILES string of the molecule is [C-]#[N+]c1c(N)nc(S)c(C#N)c1-c1ccc(O[C@H]2CCC[C@H]2O)cc1. The zero-order valence-electron chi connectivity index (χ0n) is 13.3. The number of aromatic nitrogens is 1. The third-order valence-electron chi connectivity index (χ3n) is 4.25.